The van der Waals surface area contributed by atoms with E-state index in [9.17, 15) is 0 Å². The Kier molecular flexibility index (Phi) is 34.4. The van der Waals surface area contributed by atoms with E-state index in [0.29, 0.717) is 0 Å². The fourth-order valence-electron chi connectivity index (χ4n) is 4.45. The van der Waals surface area contributed by atoms with Crippen molar-refractivity contribution in [3.8, 4) is 0 Å². The summed E-state index contributed by atoms with van der Waals surface area (Å²) in [5, 5.41) is 0. The molecule has 0 amide bonds. The maximum absolute atomic E-state index is 3.65. The predicted octanol–water partition coefficient (Wildman–Crippen LogP) is 10.2. The molecule has 0 unspecified atom stereocenters. The molecular weight excluding hydrogens is 424 g/mol. The van der Waals surface area contributed by atoms with Crippen LogP contribution in [-0.4, -0.2) is 49.1 Å². The molecule has 0 N–H and O–H groups in total. The number of nitrogens with zero attached hydrogens (tertiary/aromatic N) is 2. The smallest absolute Gasteiger partial charge is 0.0167 e. The van der Waals surface area contributed by atoms with Crippen LogP contribution in [0.1, 0.15) is 136 Å². The van der Waals surface area contributed by atoms with Crippen LogP contribution in [-0.2, 0) is 0 Å². The zero-order chi connectivity index (χ0) is 26.2. The van der Waals surface area contributed by atoms with Crippen molar-refractivity contribution >= 4 is 0 Å². The fraction of sp³-hybridized carbons (Fsp3) is 0.818. The Labute approximate surface area is 223 Å². The zero-order valence-electron chi connectivity index (χ0n) is 24.7. The molecule has 0 aromatic carbocycles. The fourth-order valence-corrected chi connectivity index (χ4v) is 4.45. The first-order valence-electron chi connectivity index (χ1n) is 15.5. The van der Waals surface area contributed by atoms with Crippen LogP contribution in [0.3, 0.4) is 0 Å². The Balaban J connectivity index is 0. The van der Waals surface area contributed by atoms with Gasteiger partial charge in [-0.05, 0) is 38.9 Å². The van der Waals surface area contributed by atoms with Gasteiger partial charge in [-0.3, -0.25) is 4.90 Å². The lowest BCUT2D eigenvalue weighted by molar-refractivity contribution is 0.254. The Hall–Kier alpha value is -0.860. The molecule has 0 bridgehead atoms. The topological polar surface area (TPSA) is 6.48 Å². The van der Waals surface area contributed by atoms with Crippen LogP contribution in [0.25, 0.3) is 0 Å². The summed E-state index contributed by atoms with van der Waals surface area (Å²) in [4.78, 5) is 4.98. The number of hydrogen-bond acceptors (Lipinski definition) is 2. The molecule has 0 aliphatic rings. The molecule has 0 atom stereocenters. The third-order valence-corrected chi connectivity index (χ3v) is 6.65. The number of unbranched alkanes of at least 4 members (excludes halogenated alkanes) is 15. The quantitative estimate of drug-likeness (QED) is 0.0834. The second kappa shape index (κ2) is 33.1. The van der Waals surface area contributed by atoms with Crippen molar-refractivity contribution in [2.75, 3.05) is 39.3 Å². The van der Waals surface area contributed by atoms with Gasteiger partial charge in [0.25, 0.3) is 0 Å². The van der Waals surface area contributed by atoms with E-state index in [0.717, 1.165) is 19.6 Å². The van der Waals surface area contributed by atoms with Crippen LogP contribution in [0.15, 0.2) is 38.0 Å². The standard InChI is InChI=1S/C24H51N.C9H15N/c1-4-7-10-13-16-19-22-25(23-20-17-14-11-8-5-2)24-21-18-15-12-9-6-3;1-4-7-10(8-5-2)9-6-3/h4-24H2,1-3H3;4-6H,1-3,7-9H2. The Morgan fingerprint density at radius 2 is 0.629 bits per heavy atom. The number of hydrogen-bond donors (Lipinski definition) is 0. The Bertz CT molecular complexity index is 356. The van der Waals surface area contributed by atoms with E-state index in [1.54, 1.807) is 0 Å². The van der Waals surface area contributed by atoms with Gasteiger partial charge < -0.3 is 4.90 Å². The predicted molar refractivity (Wildman–Crippen MR) is 164 cm³/mol. The summed E-state index contributed by atoms with van der Waals surface area (Å²) in [5.41, 5.74) is 0. The zero-order valence-corrected chi connectivity index (χ0v) is 24.7. The molecule has 0 fully saturated rings. The maximum Gasteiger partial charge on any atom is 0.0167 e. The summed E-state index contributed by atoms with van der Waals surface area (Å²) < 4.78 is 0. The first kappa shape index (κ1) is 36.3. The van der Waals surface area contributed by atoms with Gasteiger partial charge in [0.05, 0.1) is 0 Å². The van der Waals surface area contributed by atoms with Crippen molar-refractivity contribution in [2.45, 2.75) is 136 Å². The lowest BCUT2D eigenvalue weighted by Gasteiger charge is -2.22. The SMILES string of the molecule is C=CCN(CC=C)CC=C.CCCCCCCCN(CCCCCCCC)CCCCCCCC. The van der Waals surface area contributed by atoms with Gasteiger partial charge in [0.1, 0.15) is 0 Å². The molecule has 0 saturated carbocycles. The van der Waals surface area contributed by atoms with E-state index in [4.69, 9.17) is 0 Å². The van der Waals surface area contributed by atoms with E-state index < -0.39 is 0 Å². The summed E-state index contributed by atoms with van der Waals surface area (Å²) >= 11 is 0. The van der Waals surface area contributed by atoms with Gasteiger partial charge in [0, 0.05) is 19.6 Å². The van der Waals surface area contributed by atoms with Crippen LogP contribution >= 0.6 is 0 Å². The molecule has 0 saturated heterocycles. The molecule has 0 aromatic rings. The average molecular weight is 491 g/mol. The van der Waals surface area contributed by atoms with Gasteiger partial charge in [0.15, 0.2) is 0 Å². The van der Waals surface area contributed by atoms with Gasteiger partial charge in [-0.15, -0.1) is 19.7 Å². The molecule has 0 heterocycles. The molecule has 0 rings (SSSR count). The van der Waals surface area contributed by atoms with E-state index in [-0.39, 0.29) is 0 Å². The van der Waals surface area contributed by atoms with Crippen molar-refractivity contribution in [1.29, 1.82) is 0 Å². The van der Waals surface area contributed by atoms with Crippen LogP contribution in [0.5, 0.6) is 0 Å². The van der Waals surface area contributed by atoms with E-state index >= 15 is 0 Å². The average Bonchev–Trinajstić information content (AvgIpc) is 2.86. The summed E-state index contributed by atoms with van der Waals surface area (Å²) in [5.74, 6) is 0. The van der Waals surface area contributed by atoms with Crippen molar-refractivity contribution in [2.24, 2.45) is 0 Å². The lowest BCUT2D eigenvalue weighted by Crippen LogP contribution is -2.27. The summed E-state index contributed by atoms with van der Waals surface area (Å²) in [6.45, 7) is 24.7. The van der Waals surface area contributed by atoms with E-state index in [2.05, 4.69) is 50.3 Å². The minimum atomic E-state index is 0.901. The van der Waals surface area contributed by atoms with Crippen LogP contribution in [0.4, 0.5) is 0 Å². The third-order valence-electron chi connectivity index (χ3n) is 6.65. The lowest BCUT2D eigenvalue weighted by atomic mass is 10.1. The molecule has 2 heteroatoms. The van der Waals surface area contributed by atoms with Gasteiger partial charge in [0.2, 0.25) is 0 Å². The third kappa shape index (κ3) is 31.1. The summed E-state index contributed by atoms with van der Waals surface area (Å²) in [7, 11) is 0. The van der Waals surface area contributed by atoms with Crippen molar-refractivity contribution < 1.29 is 0 Å². The van der Waals surface area contributed by atoms with Crippen LogP contribution < -0.4 is 0 Å². The second-order valence-corrected chi connectivity index (χ2v) is 10.2. The highest BCUT2D eigenvalue weighted by atomic mass is 15.1. The van der Waals surface area contributed by atoms with Gasteiger partial charge >= 0.3 is 0 Å². The molecule has 0 aliphatic heterocycles. The van der Waals surface area contributed by atoms with Gasteiger partial charge in [-0.25, -0.2) is 0 Å². The van der Waals surface area contributed by atoms with Crippen LogP contribution in [0, 0.1) is 0 Å². The minimum Gasteiger partial charge on any atom is -0.303 e. The highest BCUT2D eigenvalue weighted by molar-refractivity contribution is 4.83. The normalized spacial score (nSPS) is 10.9. The van der Waals surface area contributed by atoms with Gasteiger partial charge in [-0.1, -0.05) is 135 Å². The highest BCUT2D eigenvalue weighted by Crippen LogP contribution is 2.11. The van der Waals surface area contributed by atoms with E-state index in [1.165, 1.54) is 135 Å². The molecule has 0 spiro atoms. The highest BCUT2D eigenvalue weighted by Gasteiger charge is 2.05. The van der Waals surface area contributed by atoms with Crippen molar-refractivity contribution in [3.63, 3.8) is 0 Å². The Morgan fingerprint density at radius 1 is 0.371 bits per heavy atom. The minimum absolute atomic E-state index is 0.901. The monoisotopic (exact) mass is 491 g/mol. The second-order valence-electron chi connectivity index (χ2n) is 10.2. The summed E-state index contributed by atoms with van der Waals surface area (Å²) in [6.07, 6.45) is 31.4. The van der Waals surface area contributed by atoms with Gasteiger partial charge in [-0.2, -0.15) is 0 Å². The largest absolute Gasteiger partial charge is 0.303 e. The van der Waals surface area contributed by atoms with Crippen molar-refractivity contribution in [1.82, 2.24) is 9.80 Å². The van der Waals surface area contributed by atoms with E-state index in [1.807, 2.05) is 18.2 Å². The molecule has 35 heavy (non-hydrogen) atoms. The Morgan fingerprint density at radius 3 is 0.886 bits per heavy atom. The first-order valence-corrected chi connectivity index (χ1v) is 15.5. The number of rotatable bonds is 27. The molecule has 0 radical (unpaired) electrons. The first-order chi connectivity index (χ1) is 17.2. The molecule has 0 aromatic heterocycles. The molecule has 208 valence electrons. The summed E-state index contributed by atoms with van der Waals surface area (Å²) in [6, 6.07) is 0. The molecule has 2 nitrogen and oxygen atoms in total. The maximum atomic E-state index is 3.65. The molecule has 0 aliphatic carbocycles. The van der Waals surface area contributed by atoms with Crippen LogP contribution in [0.2, 0.25) is 0 Å². The molecular formula is C33H66N2. The van der Waals surface area contributed by atoms with Crippen molar-refractivity contribution in [3.05, 3.63) is 38.0 Å².